The van der Waals surface area contributed by atoms with Crippen molar-refractivity contribution in [3.05, 3.63) is 103 Å². The molecule has 174 valence electrons. The minimum absolute atomic E-state index is 0.0944. The van der Waals surface area contributed by atoms with Gasteiger partial charge in [-0.05, 0) is 41.5 Å². The first-order valence-corrected chi connectivity index (χ1v) is 10.6. The number of aromatic nitrogens is 1. The number of carboxylic acid groups (broad SMARTS) is 1. The molecule has 0 fully saturated rings. The summed E-state index contributed by atoms with van der Waals surface area (Å²) >= 11 is 0. The van der Waals surface area contributed by atoms with Crippen molar-refractivity contribution in [1.82, 2.24) is 4.98 Å². The minimum Gasteiger partial charge on any atom is -0.465 e. The van der Waals surface area contributed by atoms with Crippen LogP contribution < -0.4 is 10.6 Å². The lowest BCUT2D eigenvalue weighted by Crippen LogP contribution is -2.18. The number of ketones is 1. The first kappa shape index (κ1) is 23.3. The number of hydrogen-bond acceptors (Lipinski definition) is 4. The summed E-state index contributed by atoms with van der Waals surface area (Å²) in [6.07, 6.45) is 1.53. The number of benzene rings is 3. The maximum Gasteiger partial charge on any atom is 0.409 e. The van der Waals surface area contributed by atoms with E-state index in [-0.39, 0.29) is 16.9 Å². The van der Waals surface area contributed by atoms with E-state index in [1.54, 1.807) is 54.9 Å². The highest BCUT2D eigenvalue weighted by Crippen LogP contribution is 2.31. The number of nitrogens with one attached hydrogen (secondary N) is 2. The fourth-order valence-corrected chi connectivity index (χ4v) is 3.58. The number of Topliss-reactive ketones (excluding diaryl/α,β-unsaturated/α-hetero) is 1. The number of anilines is 2. The van der Waals surface area contributed by atoms with Gasteiger partial charge in [-0.25, -0.2) is 9.18 Å². The summed E-state index contributed by atoms with van der Waals surface area (Å²) in [4.78, 5) is 40.8. The Kier molecular flexibility index (Phi) is 6.92. The molecule has 0 atom stereocenters. The summed E-state index contributed by atoms with van der Waals surface area (Å²) in [6, 6.07) is 21.0. The van der Waals surface area contributed by atoms with E-state index in [1.807, 2.05) is 12.1 Å². The molecule has 7 nitrogen and oxygen atoms in total. The van der Waals surface area contributed by atoms with Crippen molar-refractivity contribution in [2.45, 2.75) is 6.42 Å². The van der Waals surface area contributed by atoms with E-state index in [1.165, 1.54) is 24.3 Å². The molecule has 0 saturated carbocycles. The lowest BCUT2D eigenvalue weighted by Gasteiger charge is -2.13. The Labute approximate surface area is 200 Å². The van der Waals surface area contributed by atoms with Crippen molar-refractivity contribution >= 4 is 29.2 Å². The van der Waals surface area contributed by atoms with Crippen LogP contribution in [0.2, 0.25) is 0 Å². The van der Waals surface area contributed by atoms with Gasteiger partial charge < -0.3 is 10.4 Å². The van der Waals surface area contributed by atoms with E-state index >= 15 is 0 Å². The average Bonchev–Trinajstić information content (AvgIpc) is 2.86. The number of pyridine rings is 1. The molecule has 0 saturated heterocycles. The molecule has 4 rings (SSSR count). The zero-order valence-electron chi connectivity index (χ0n) is 18.4. The van der Waals surface area contributed by atoms with Crippen molar-refractivity contribution in [2.24, 2.45) is 0 Å². The zero-order valence-corrected chi connectivity index (χ0v) is 18.4. The lowest BCUT2D eigenvalue weighted by molar-refractivity contribution is -0.115. The summed E-state index contributed by atoms with van der Waals surface area (Å²) in [6.45, 7) is 0. The Hall–Kier alpha value is -4.85. The smallest absolute Gasteiger partial charge is 0.409 e. The van der Waals surface area contributed by atoms with Crippen LogP contribution in [0.15, 0.2) is 91.3 Å². The standard InChI is InChI=1S/C27H20FN3O4/c28-22-9-2-1-8-21(22)18-10-11-23(31-27(34)35)24(14-18)30-26(33)15-25(32)19-6-3-5-17(13-19)20-7-4-12-29-16-20/h1-14,16,31H,15H2,(H,30,33)(H,34,35). The summed E-state index contributed by atoms with van der Waals surface area (Å²) in [5, 5.41) is 13.9. The Balaban J connectivity index is 1.55. The Morgan fingerprint density at radius 1 is 0.800 bits per heavy atom. The number of carbonyl (C=O) groups is 3. The van der Waals surface area contributed by atoms with Crippen LogP contribution in [-0.4, -0.2) is 27.9 Å². The second kappa shape index (κ2) is 10.4. The maximum absolute atomic E-state index is 14.2. The van der Waals surface area contributed by atoms with Gasteiger partial charge in [-0.3, -0.25) is 19.9 Å². The largest absolute Gasteiger partial charge is 0.465 e. The highest BCUT2D eigenvalue weighted by atomic mass is 19.1. The molecule has 0 aliphatic heterocycles. The molecule has 4 aromatic rings. The van der Waals surface area contributed by atoms with Crippen LogP contribution in [0.25, 0.3) is 22.3 Å². The number of carbonyl (C=O) groups excluding carboxylic acids is 2. The van der Waals surface area contributed by atoms with Crippen molar-refractivity contribution in [2.75, 3.05) is 10.6 Å². The van der Waals surface area contributed by atoms with Crippen molar-refractivity contribution < 1.29 is 23.9 Å². The normalized spacial score (nSPS) is 10.4. The Morgan fingerprint density at radius 3 is 2.34 bits per heavy atom. The molecule has 3 N–H and O–H groups in total. The van der Waals surface area contributed by atoms with Gasteiger partial charge in [0.1, 0.15) is 5.82 Å². The third kappa shape index (κ3) is 5.75. The molecular weight excluding hydrogens is 449 g/mol. The quantitative estimate of drug-likeness (QED) is 0.232. The number of hydrogen-bond donors (Lipinski definition) is 3. The molecular formula is C27H20FN3O4. The molecule has 8 heteroatoms. The third-order valence-electron chi connectivity index (χ3n) is 5.22. The Bertz CT molecular complexity index is 1410. The van der Waals surface area contributed by atoms with Crippen LogP contribution in [0, 0.1) is 5.82 Å². The van der Waals surface area contributed by atoms with Crippen LogP contribution in [0.1, 0.15) is 16.8 Å². The Morgan fingerprint density at radius 2 is 1.60 bits per heavy atom. The molecule has 0 aliphatic carbocycles. The topological polar surface area (TPSA) is 108 Å². The molecule has 0 spiro atoms. The van der Waals surface area contributed by atoms with Gasteiger partial charge in [0, 0.05) is 29.1 Å². The van der Waals surface area contributed by atoms with E-state index in [0.29, 0.717) is 11.1 Å². The molecule has 2 amide bonds. The molecule has 1 heterocycles. The molecule has 1 aromatic heterocycles. The van der Waals surface area contributed by atoms with Gasteiger partial charge in [0.25, 0.3) is 0 Å². The first-order valence-electron chi connectivity index (χ1n) is 10.6. The number of nitrogens with zero attached hydrogens (tertiary/aromatic N) is 1. The first-order chi connectivity index (χ1) is 16.9. The highest BCUT2D eigenvalue weighted by molar-refractivity contribution is 6.12. The maximum atomic E-state index is 14.2. The molecule has 0 unspecified atom stereocenters. The third-order valence-corrected chi connectivity index (χ3v) is 5.22. The fourth-order valence-electron chi connectivity index (χ4n) is 3.58. The molecule has 0 bridgehead atoms. The van der Waals surface area contributed by atoms with Gasteiger partial charge in [-0.15, -0.1) is 0 Å². The van der Waals surface area contributed by atoms with E-state index in [9.17, 15) is 18.8 Å². The van der Waals surface area contributed by atoms with Crippen molar-refractivity contribution in [3.8, 4) is 22.3 Å². The molecule has 0 radical (unpaired) electrons. The second-order valence-corrected chi connectivity index (χ2v) is 7.64. The van der Waals surface area contributed by atoms with E-state index in [2.05, 4.69) is 15.6 Å². The van der Waals surface area contributed by atoms with Gasteiger partial charge in [0.05, 0.1) is 17.8 Å². The summed E-state index contributed by atoms with van der Waals surface area (Å²) in [5.41, 5.74) is 2.89. The number of halogens is 1. The fraction of sp³-hybridized carbons (Fsp3) is 0.0370. The molecule has 35 heavy (non-hydrogen) atoms. The SMILES string of the molecule is O=C(O)Nc1ccc(-c2ccccc2F)cc1NC(=O)CC(=O)c1cccc(-c2cccnc2)c1. The van der Waals surface area contributed by atoms with Crippen LogP contribution in [-0.2, 0) is 4.79 Å². The van der Waals surface area contributed by atoms with E-state index in [4.69, 9.17) is 5.11 Å². The summed E-state index contributed by atoms with van der Waals surface area (Å²) < 4.78 is 14.2. The molecule has 0 aliphatic rings. The molecule has 3 aromatic carbocycles. The summed E-state index contributed by atoms with van der Waals surface area (Å²) in [7, 11) is 0. The predicted molar refractivity (Wildman–Crippen MR) is 131 cm³/mol. The van der Waals surface area contributed by atoms with Crippen molar-refractivity contribution in [1.29, 1.82) is 0 Å². The minimum atomic E-state index is -1.33. The van der Waals surface area contributed by atoms with Gasteiger partial charge in [0.15, 0.2) is 5.78 Å². The number of amides is 2. The van der Waals surface area contributed by atoms with Gasteiger partial charge in [-0.1, -0.05) is 48.5 Å². The average molecular weight is 469 g/mol. The highest BCUT2D eigenvalue weighted by Gasteiger charge is 2.16. The summed E-state index contributed by atoms with van der Waals surface area (Å²) in [5.74, 6) is -1.51. The van der Waals surface area contributed by atoms with Crippen LogP contribution in [0.4, 0.5) is 20.6 Å². The van der Waals surface area contributed by atoms with Gasteiger partial charge in [0.2, 0.25) is 5.91 Å². The van der Waals surface area contributed by atoms with Crippen LogP contribution in [0.5, 0.6) is 0 Å². The van der Waals surface area contributed by atoms with Gasteiger partial charge in [-0.2, -0.15) is 0 Å². The van der Waals surface area contributed by atoms with Crippen LogP contribution in [0.3, 0.4) is 0 Å². The van der Waals surface area contributed by atoms with E-state index in [0.717, 1.165) is 11.1 Å². The van der Waals surface area contributed by atoms with E-state index < -0.39 is 30.0 Å². The van der Waals surface area contributed by atoms with Gasteiger partial charge >= 0.3 is 6.09 Å². The zero-order chi connectivity index (χ0) is 24.8. The van der Waals surface area contributed by atoms with Crippen LogP contribution >= 0.6 is 0 Å². The van der Waals surface area contributed by atoms with Crippen molar-refractivity contribution in [3.63, 3.8) is 0 Å². The predicted octanol–water partition coefficient (Wildman–Crippen LogP) is 5.86. The second-order valence-electron chi connectivity index (χ2n) is 7.64. The monoisotopic (exact) mass is 469 g/mol. The lowest BCUT2D eigenvalue weighted by atomic mass is 10.0. The number of rotatable bonds is 7.